The SMILES string of the molecule is CN(C)c1cccc(OCC(=O)N/N=C/c2ccc(-c3cccc(F)c3)o2)c1. The van der Waals surface area contributed by atoms with Gasteiger partial charge in [-0.3, -0.25) is 4.79 Å². The number of nitrogens with zero attached hydrogens (tertiary/aromatic N) is 2. The smallest absolute Gasteiger partial charge is 0.277 e. The molecule has 28 heavy (non-hydrogen) atoms. The molecule has 0 aliphatic rings. The highest BCUT2D eigenvalue weighted by atomic mass is 19.1. The van der Waals surface area contributed by atoms with Gasteiger partial charge in [0.25, 0.3) is 5.91 Å². The Morgan fingerprint density at radius 3 is 2.79 bits per heavy atom. The third-order valence-corrected chi connectivity index (χ3v) is 3.82. The molecule has 2 aromatic carbocycles. The van der Waals surface area contributed by atoms with E-state index >= 15 is 0 Å². The van der Waals surface area contributed by atoms with Crippen LogP contribution >= 0.6 is 0 Å². The third kappa shape index (κ3) is 5.20. The molecule has 0 saturated carbocycles. The van der Waals surface area contributed by atoms with E-state index in [2.05, 4.69) is 10.5 Å². The number of hydrogen-bond donors (Lipinski definition) is 1. The summed E-state index contributed by atoms with van der Waals surface area (Å²) in [4.78, 5) is 13.8. The number of furan rings is 1. The number of nitrogens with one attached hydrogen (secondary N) is 1. The van der Waals surface area contributed by atoms with Crippen molar-refractivity contribution in [2.45, 2.75) is 0 Å². The molecule has 0 unspecified atom stereocenters. The molecular formula is C21H20FN3O3. The van der Waals surface area contributed by atoms with Gasteiger partial charge in [0.05, 0.1) is 6.21 Å². The van der Waals surface area contributed by atoms with E-state index in [0.29, 0.717) is 22.8 Å². The van der Waals surface area contributed by atoms with Crippen LogP contribution in [0.3, 0.4) is 0 Å². The van der Waals surface area contributed by atoms with E-state index in [1.54, 1.807) is 30.3 Å². The molecule has 6 nitrogen and oxygen atoms in total. The summed E-state index contributed by atoms with van der Waals surface area (Å²) in [5, 5.41) is 3.84. The second-order valence-electron chi connectivity index (χ2n) is 6.19. The second kappa shape index (κ2) is 8.85. The van der Waals surface area contributed by atoms with Crippen LogP contribution in [0, 0.1) is 5.82 Å². The lowest BCUT2D eigenvalue weighted by Crippen LogP contribution is -2.24. The lowest BCUT2D eigenvalue weighted by atomic mass is 10.2. The Hall–Kier alpha value is -3.61. The monoisotopic (exact) mass is 381 g/mol. The van der Waals surface area contributed by atoms with Crippen molar-refractivity contribution in [2.24, 2.45) is 5.10 Å². The van der Waals surface area contributed by atoms with Crippen molar-refractivity contribution in [3.05, 3.63) is 72.2 Å². The maximum atomic E-state index is 13.3. The Kier molecular flexibility index (Phi) is 6.06. The normalized spacial score (nSPS) is 10.8. The first-order valence-electron chi connectivity index (χ1n) is 8.59. The molecule has 0 spiro atoms. The molecule has 0 radical (unpaired) electrons. The van der Waals surface area contributed by atoms with Crippen molar-refractivity contribution in [3.8, 4) is 17.1 Å². The highest BCUT2D eigenvalue weighted by Gasteiger charge is 2.06. The standard InChI is InChI=1S/C21H20FN3O3/c1-25(2)17-7-4-8-18(12-17)27-14-21(26)24-23-13-19-9-10-20(28-19)15-5-3-6-16(22)11-15/h3-13H,14H2,1-2H3,(H,24,26)/b23-13+. The molecule has 0 saturated heterocycles. The molecule has 1 aromatic heterocycles. The predicted molar refractivity (Wildman–Crippen MR) is 106 cm³/mol. The molecule has 0 aliphatic heterocycles. The molecule has 144 valence electrons. The van der Waals surface area contributed by atoms with Crippen molar-refractivity contribution in [3.63, 3.8) is 0 Å². The fourth-order valence-electron chi connectivity index (χ4n) is 2.42. The number of rotatable bonds is 7. The van der Waals surface area contributed by atoms with Gasteiger partial charge in [-0.05, 0) is 36.4 Å². The summed E-state index contributed by atoms with van der Waals surface area (Å²) in [5.74, 6) is 0.794. The van der Waals surface area contributed by atoms with Gasteiger partial charge in [0, 0.05) is 31.4 Å². The molecule has 0 aliphatic carbocycles. The summed E-state index contributed by atoms with van der Waals surface area (Å²) in [5.41, 5.74) is 3.97. The summed E-state index contributed by atoms with van der Waals surface area (Å²) in [6, 6.07) is 16.9. The zero-order valence-corrected chi connectivity index (χ0v) is 15.6. The molecule has 0 fully saturated rings. The zero-order valence-electron chi connectivity index (χ0n) is 15.6. The fourth-order valence-corrected chi connectivity index (χ4v) is 2.42. The first-order valence-corrected chi connectivity index (χ1v) is 8.59. The second-order valence-corrected chi connectivity index (χ2v) is 6.19. The molecule has 0 bridgehead atoms. The van der Waals surface area contributed by atoms with Gasteiger partial charge in [-0.25, -0.2) is 9.82 Å². The number of carbonyl (C=O) groups is 1. The maximum absolute atomic E-state index is 13.3. The lowest BCUT2D eigenvalue weighted by molar-refractivity contribution is -0.123. The summed E-state index contributed by atoms with van der Waals surface area (Å²) in [7, 11) is 3.85. The first-order chi connectivity index (χ1) is 13.5. The van der Waals surface area contributed by atoms with E-state index in [4.69, 9.17) is 9.15 Å². The van der Waals surface area contributed by atoms with Crippen LogP contribution in [0.5, 0.6) is 5.75 Å². The quantitative estimate of drug-likeness (QED) is 0.501. The number of amides is 1. The molecule has 3 rings (SSSR count). The summed E-state index contributed by atoms with van der Waals surface area (Å²) < 4.78 is 24.3. The Balaban J connectivity index is 1.51. The van der Waals surface area contributed by atoms with E-state index in [9.17, 15) is 9.18 Å². The van der Waals surface area contributed by atoms with Crippen molar-refractivity contribution in [1.82, 2.24) is 5.43 Å². The number of ether oxygens (including phenoxy) is 1. The topological polar surface area (TPSA) is 67.1 Å². The largest absolute Gasteiger partial charge is 0.484 e. The van der Waals surface area contributed by atoms with E-state index in [-0.39, 0.29) is 12.4 Å². The molecule has 1 amide bonds. The molecule has 3 aromatic rings. The summed E-state index contributed by atoms with van der Waals surface area (Å²) in [6.07, 6.45) is 1.37. The Bertz CT molecular complexity index is 982. The number of halogens is 1. The van der Waals surface area contributed by atoms with Gasteiger partial charge in [0.15, 0.2) is 6.61 Å². The molecular weight excluding hydrogens is 361 g/mol. The van der Waals surface area contributed by atoms with Gasteiger partial charge >= 0.3 is 0 Å². The van der Waals surface area contributed by atoms with Gasteiger partial charge in [0.1, 0.15) is 23.1 Å². The first kappa shape index (κ1) is 19.2. The lowest BCUT2D eigenvalue weighted by Gasteiger charge is -2.13. The predicted octanol–water partition coefficient (Wildman–Crippen LogP) is 3.68. The average molecular weight is 381 g/mol. The van der Waals surface area contributed by atoms with Crippen molar-refractivity contribution in [2.75, 3.05) is 25.6 Å². The van der Waals surface area contributed by atoms with Gasteiger partial charge in [-0.15, -0.1) is 0 Å². The number of benzene rings is 2. The maximum Gasteiger partial charge on any atom is 0.277 e. The number of carbonyl (C=O) groups excluding carboxylic acids is 1. The highest BCUT2D eigenvalue weighted by Crippen LogP contribution is 2.22. The third-order valence-electron chi connectivity index (χ3n) is 3.82. The minimum absolute atomic E-state index is 0.166. The van der Waals surface area contributed by atoms with Gasteiger partial charge in [-0.2, -0.15) is 5.10 Å². The molecule has 1 N–H and O–H groups in total. The molecule has 1 heterocycles. The Morgan fingerprint density at radius 2 is 2.00 bits per heavy atom. The van der Waals surface area contributed by atoms with Crippen LogP contribution < -0.4 is 15.1 Å². The summed E-state index contributed by atoms with van der Waals surface area (Å²) >= 11 is 0. The van der Waals surface area contributed by atoms with Gasteiger partial charge in [-0.1, -0.05) is 18.2 Å². The fraction of sp³-hybridized carbons (Fsp3) is 0.143. The van der Waals surface area contributed by atoms with Crippen LogP contribution in [-0.4, -0.2) is 32.8 Å². The molecule has 0 atom stereocenters. The van der Waals surface area contributed by atoms with Crippen molar-refractivity contribution >= 4 is 17.8 Å². The van der Waals surface area contributed by atoms with Crippen LogP contribution in [0.1, 0.15) is 5.76 Å². The van der Waals surface area contributed by atoms with Crippen molar-refractivity contribution < 1.29 is 18.3 Å². The Morgan fingerprint density at radius 1 is 1.18 bits per heavy atom. The van der Waals surface area contributed by atoms with E-state index in [0.717, 1.165) is 5.69 Å². The number of anilines is 1. The number of hydrogen-bond acceptors (Lipinski definition) is 5. The van der Waals surface area contributed by atoms with E-state index in [1.807, 2.05) is 37.2 Å². The van der Waals surface area contributed by atoms with Crippen molar-refractivity contribution in [1.29, 1.82) is 0 Å². The van der Waals surface area contributed by atoms with Gasteiger partial charge in [0.2, 0.25) is 0 Å². The van der Waals surface area contributed by atoms with Gasteiger partial charge < -0.3 is 14.1 Å². The van der Waals surface area contributed by atoms with Crippen LogP contribution in [0.15, 0.2) is 70.2 Å². The van der Waals surface area contributed by atoms with Crippen LogP contribution in [0.2, 0.25) is 0 Å². The number of hydrazone groups is 1. The van der Waals surface area contributed by atoms with Crippen LogP contribution in [0.4, 0.5) is 10.1 Å². The molecule has 7 heteroatoms. The zero-order chi connectivity index (χ0) is 19.9. The van der Waals surface area contributed by atoms with E-state index < -0.39 is 5.91 Å². The van der Waals surface area contributed by atoms with E-state index in [1.165, 1.54) is 18.3 Å². The van der Waals surface area contributed by atoms with Crippen LogP contribution in [0.25, 0.3) is 11.3 Å². The average Bonchev–Trinajstić information content (AvgIpc) is 3.15. The summed E-state index contributed by atoms with van der Waals surface area (Å²) in [6.45, 7) is -0.166. The minimum atomic E-state index is -0.400. The Labute approximate surface area is 162 Å². The van der Waals surface area contributed by atoms with Crippen LogP contribution in [-0.2, 0) is 4.79 Å². The minimum Gasteiger partial charge on any atom is -0.484 e. The highest BCUT2D eigenvalue weighted by molar-refractivity contribution is 5.81.